The molecule has 0 atom stereocenters. The number of rotatable bonds is 7. The molecule has 0 saturated heterocycles. The molecule has 4 rings (SSSR count). The van der Waals surface area contributed by atoms with Crippen LogP contribution in [0.15, 0.2) is 70.4 Å². The summed E-state index contributed by atoms with van der Waals surface area (Å²) in [7, 11) is 1.89. The molecule has 11 nitrogen and oxygen atoms in total. The summed E-state index contributed by atoms with van der Waals surface area (Å²) < 4.78 is 6.03. The zero-order valence-corrected chi connectivity index (χ0v) is 17.5. The molecule has 0 bridgehead atoms. The average molecular weight is 431 g/mol. The number of anilines is 2. The van der Waals surface area contributed by atoms with Crippen molar-refractivity contribution in [2.45, 2.75) is 13.5 Å². The fourth-order valence-electron chi connectivity index (χ4n) is 3.06. The number of hydrazone groups is 1. The molecular weight excluding hydrogens is 410 g/mol. The van der Waals surface area contributed by atoms with Crippen molar-refractivity contribution < 1.29 is 9.42 Å². The van der Waals surface area contributed by atoms with Gasteiger partial charge in [0, 0.05) is 12.7 Å². The normalized spacial score (nSPS) is 11.4. The molecule has 2 aromatic carbocycles. The van der Waals surface area contributed by atoms with Gasteiger partial charge in [0.25, 0.3) is 5.91 Å². The van der Waals surface area contributed by atoms with Gasteiger partial charge in [0.05, 0.1) is 18.0 Å². The molecular formula is C21H21N9O2. The van der Waals surface area contributed by atoms with Gasteiger partial charge in [0.2, 0.25) is 11.6 Å². The van der Waals surface area contributed by atoms with Crippen LogP contribution in [0.3, 0.4) is 0 Å². The molecule has 11 heteroatoms. The molecule has 3 N–H and O–H groups in total. The molecule has 0 spiro atoms. The largest absolute Gasteiger partial charge is 0.378 e. The average Bonchev–Trinajstić information content (AvgIpc) is 3.44. The molecule has 2 aromatic heterocycles. The highest BCUT2D eigenvalue weighted by atomic mass is 16.6. The van der Waals surface area contributed by atoms with Gasteiger partial charge in [0.15, 0.2) is 5.69 Å². The summed E-state index contributed by atoms with van der Waals surface area (Å²) in [6.07, 6.45) is 0. The molecule has 4 aromatic rings. The van der Waals surface area contributed by atoms with Crippen LogP contribution in [-0.2, 0) is 6.54 Å². The summed E-state index contributed by atoms with van der Waals surface area (Å²) in [5, 5.41) is 19.7. The highest BCUT2D eigenvalue weighted by Gasteiger charge is 2.25. The van der Waals surface area contributed by atoms with E-state index in [0.29, 0.717) is 11.4 Å². The van der Waals surface area contributed by atoms with Crippen molar-refractivity contribution >= 4 is 23.1 Å². The van der Waals surface area contributed by atoms with Gasteiger partial charge in [0.1, 0.15) is 0 Å². The Balaban J connectivity index is 1.65. The van der Waals surface area contributed by atoms with Crippen molar-refractivity contribution in [2.75, 3.05) is 17.7 Å². The number of aromatic nitrogens is 5. The fraction of sp³-hybridized carbons (Fsp3) is 0.143. The van der Waals surface area contributed by atoms with E-state index >= 15 is 0 Å². The molecule has 0 unspecified atom stereocenters. The van der Waals surface area contributed by atoms with Gasteiger partial charge in [-0.15, -0.1) is 5.10 Å². The maximum Gasteiger partial charge on any atom is 0.293 e. The Hall–Kier alpha value is -4.54. The second-order valence-electron chi connectivity index (χ2n) is 6.97. The summed E-state index contributed by atoms with van der Waals surface area (Å²) in [5.74, 6) is -0.335. The maximum atomic E-state index is 12.9. The molecule has 0 aliphatic heterocycles. The minimum Gasteiger partial charge on any atom is -0.378 e. The third kappa shape index (κ3) is 4.31. The number of nitrogens with zero attached hydrogens (tertiary/aromatic N) is 7. The monoisotopic (exact) mass is 431 g/mol. The van der Waals surface area contributed by atoms with E-state index in [2.05, 4.69) is 31.2 Å². The van der Waals surface area contributed by atoms with Crippen LogP contribution >= 0.6 is 0 Å². The predicted octanol–water partition coefficient (Wildman–Crippen LogP) is 2.02. The second-order valence-corrected chi connectivity index (χ2v) is 6.97. The summed E-state index contributed by atoms with van der Waals surface area (Å²) in [5.41, 5.74) is 11.4. The predicted molar refractivity (Wildman–Crippen MR) is 118 cm³/mol. The van der Waals surface area contributed by atoms with E-state index < -0.39 is 5.91 Å². The number of para-hydroxylation sites is 1. The first kappa shape index (κ1) is 20.7. The number of nitrogens with two attached hydrogens (primary N) is 1. The van der Waals surface area contributed by atoms with Gasteiger partial charge in [-0.25, -0.2) is 10.1 Å². The van der Waals surface area contributed by atoms with Crippen LogP contribution in [0.2, 0.25) is 0 Å². The minimum atomic E-state index is -0.516. The van der Waals surface area contributed by atoms with E-state index in [4.69, 9.17) is 10.4 Å². The molecule has 0 aliphatic carbocycles. The summed E-state index contributed by atoms with van der Waals surface area (Å²) in [4.78, 5) is 14.9. The summed E-state index contributed by atoms with van der Waals surface area (Å²) >= 11 is 0. The van der Waals surface area contributed by atoms with Gasteiger partial charge in [-0.1, -0.05) is 53.7 Å². The Bertz CT molecular complexity index is 1230. The summed E-state index contributed by atoms with van der Waals surface area (Å²) in [6.45, 7) is 2.09. The van der Waals surface area contributed by atoms with E-state index in [-0.39, 0.29) is 23.9 Å². The van der Waals surface area contributed by atoms with Gasteiger partial charge in [-0.05, 0) is 34.9 Å². The quantitative estimate of drug-likeness (QED) is 0.334. The van der Waals surface area contributed by atoms with Crippen molar-refractivity contribution in [1.82, 2.24) is 30.7 Å². The van der Waals surface area contributed by atoms with Crippen molar-refractivity contribution in [3.8, 4) is 5.82 Å². The van der Waals surface area contributed by atoms with E-state index in [9.17, 15) is 4.79 Å². The van der Waals surface area contributed by atoms with Gasteiger partial charge < -0.3 is 10.6 Å². The zero-order valence-electron chi connectivity index (χ0n) is 17.5. The molecule has 0 fully saturated rings. The van der Waals surface area contributed by atoms with Crippen molar-refractivity contribution in [2.24, 2.45) is 5.10 Å². The number of carbonyl (C=O) groups excluding carboxylic acids is 1. The van der Waals surface area contributed by atoms with Crippen molar-refractivity contribution in [3.63, 3.8) is 0 Å². The van der Waals surface area contributed by atoms with Crippen LogP contribution in [-0.4, -0.2) is 44.0 Å². The van der Waals surface area contributed by atoms with E-state index in [1.165, 1.54) is 4.68 Å². The number of carbonyl (C=O) groups is 1. The van der Waals surface area contributed by atoms with Gasteiger partial charge in [-0.3, -0.25) is 4.79 Å². The van der Waals surface area contributed by atoms with Crippen LogP contribution in [0, 0.1) is 0 Å². The first-order chi connectivity index (χ1) is 15.5. The van der Waals surface area contributed by atoms with E-state index in [1.54, 1.807) is 6.92 Å². The molecule has 1 amide bonds. The molecule has 32 heavy (non-hydrogen) atoms. The van der Waals surface area contributed by atoms with E-state index in [0.717, 1.165) is 11.3 Å². The Labute approximate surface area is 183 Å². The Morgan fingerprint density at radius 3 is 2.47 bits per heavy atom. The number of hydrogen-bond acceptors (Lipinski definition) is 9. The lowest BCUT2D eigenvalue weighted by molar-refractivity contribution is 0.0949. The standard InChI is InChI=1S/C21H21N9O2/c1-14(15-9-5-3-6-10-15)23-25-21(31)18-17(13-29(2)16-11-7-4-8-12-16)30(28-24-18)20-19(22)26-32-27-20/h3-12H,13H2,1-2H3,(H2,22,26)(H,25,31). The zero-order chi connectivity index (χ0) is 22.5. The van der Waals surface area contributed by atoms with Crippen LogP contribution in [0.1, 0.15) is 28.7 Å². The van der Waals surface area contributed by atoms with Crippen LogP contribution in [0.25, 0.3) is 5.82 Å². The molecule has 162 valence electrons. The van der Waals surface area contributed by atoms with Crippen molar-refractivity contribution in [3.05, 3.63) is 77.6 Å². The highest BCUT2D eigenvalue weighted by molar-refractivity contribution is 6.00. The van der Waals surface area contributed by atoms with Crippen LogP contribution in [0.4, 0.5) is 11.5 Å². The summed E-state index contributed by atoms with van der Waals surface area (Å²) in [6, 6.07) is 19.2. The lowest BCUT2D eigenvalue weighted by Crippen LogP contribution is -2.25. The highest BCUT2D eigenvalue weighted by Crippen LogP contribution is 2.20. The van der Waals surface area contributed by atoms with Crippen LogP contribution < -0.4 is 16.1 Å². The number of hydrogen-bond donors (Lipinski definition) is 2. The maximum absolute atomic E-state index is 12.9. The topological polar surface area (TPSA) is 140 Å². The van der Waals surface area contributed by atoms with Gasteiger partial charge >= 0.3 is 0 Å². The molecule has 0 saturated carbocycles. The Morgan fingerprint density at radius 1 is 1.12 bits per heavy atom. The number of nitrogen functional groups attached to an aromatic ring is 1. The fourth-order valence-corrected chi connectivity index (χ4v) is 3.06. The lowest BCUT2D eigenvalue weighted by atomic mass is 10.1. The van der Waals surface area contributed by atoms with Crippen molar-refractivity contribution in [1.29, 1.82) is 0 Å². The first-order valence-electron chi connectivity index (χ1n) is 9.74. The molecule has 0 radical (unpaired) electrons. The lowest BCUT2D eigenvalue weighted by Gasteiger charge is -2.19. The van der Waals surface area contributed by atoms with Crippen LogP contribution in [0.5, 0.6) is 0 Å². The SMILES string of the molecule is CC(=NNC(=O)c1nnn(-c2nonc2N)c1CN(C)c1ccccc1)c1ccccc1. The Morgan fingerprint density at radius 2 is 1.81 bits per heavy atom. The third-order valence-corrected chi connectivity index (χ3v) is 4.78. The number of nitrogens with one attached hydrogen (secondary N) is 1. The van der Waals surface area contributed by atoms with Gasteiger partial charge in [-0.2, -0.15) is 9.78 Å². The molecule has 0 aliphatic rings. The smallest absolute Gasteiger partial charge is 0.293 e. The molecule has 2 heterocycles. The Kier molecular flexibility index (Phi) is 5.88. The number of amides is 1. The first-order valence-corrected chi connectivity index (χ1v) is 9.74. The second kappa shape index (κ2) is 9.08. The third-order valence-electron chi connectivity index (χ3n) is 4.78. The number of benzene rings is 2. The minimum absolute atomic E-state index is 0.0309. The van der Waals surface area contributed by atoms with E-state index in [1.807, 2.05) is 72.6 Å².